The fraction of sp³-hybridized carbons (Fsp3) is 0.657. The average Bonchev–Trinajstić information content (AvgIpc) is 2.94. The van der Waals surface area contributed by atoms with Gasteiger partial charge in [0.1, 0.15) is 0 Å². The molecule has 0 saturated heterocycles. The summed E-state index contributed by atoms with van der Waals surface area (Å²) >= 11 is 0. The smallest absolute Gasteiger partial charge is 0.425 e. The summed E-state index contributed by atoms with van der Waals surface area (Å²) in [5.41, 5.74) is 2.16. The van der Waals surface area contributed by atoms with E-state index in [0.717, 1.165) is 43.6 Å². The Morgan fingerprint density at radius 3 is 2.05 bits per heavy atom. The number of alkyl halides is 2. The zero-order valence-corrected chi connectivity index (χ0v) is 24.3. The largest absolute Gasteiger partial charge is 0.427 e. The SMILES string of the molecule is CCCCCCCCCc1ccc2c(c1F)OC(F)(F)c1cc(C3CCC(CCCCCCC)CC3)ccc1-2. The second-order valence-corrected chi connectivity index (χ2v) is 12.1. The number of rotatable bonds is 15. The second-order valence-electron chi connectivity index (χ2n) is 12.1. The molecule has 0 aromatic heterocycles. The minimum absolute atomic E-state index is 0.121. The highest BCUT2D eigenvalue weighted by molar-refractivity contribution is 5.77. The van der Waals surface area contributed by atoms with E-state index in [-0.39, 0.29) is 11.3 Å². The van der Waals surface area contributed by atoms with E-state index in [2.05, 4.69) is 13.8 Å². The normalized spacial score (nSPS) is 19.8. The van der Waals surface area contributed by atoms with Gasteiger partial charge in [0, 0.05) is 5.56 Å². The van der Waals surface area contributed by atoms with Gasteiger partial charge < -0.3 is 4.74 Å². The third-order valence-electron chi connectivity index (χ3n) is 9.14. The van der Waals surface area contributed by atoms with Crippen LogP contribution in [0.3, 0.4) is 0 Å². The first-order valence-electron chi connectivity index (χ1n) is 16.0. The quantitative estimate of drug-likeness (QED) is 0.203. The van der Waals surface area contributed by atoms with E-state index in [1.807, 2.05) is 6.07 Å². The van der Waals surface area contributed by atoms with Crippen LogP contribution in [-0.4, -0.2) is 0 Å². The summed E-state index contributed by atoms with van der Waals surface area (Å²) in [4.78, 5) is 0. The molecular formula is C35H49F3O. The number of aryl methyl sites for hydroxylation is 1. The van der Waals surface area contributed by atoms with E-state index in [9.17, 15) is 0 Å². The van der Waals surface area contributed by atoms with Gasteiger partial charge in [0.05, 0.1) is 5.56 Å². The Hall–Kier alpha value is -1.97. The zero-order valence-electron chi connectivity index (χ0n) is 24.3. The summed E-state index contributed by atoms with van der Waals surface area (Å²) in [5, 5.41) is 0. The van der Waals surface area contributed by atoms with E-state index < -0.39 is 11.9 Å². The highest BCUT2D eigenvalue weighted by Gasteiger charge is 2.44. The Kier molecular flexibility index (Phi) is 11.2. The van der Waals surface area contributed by atoms with Crippen LogP contribution < -0.4 is 4.74 Å². The van der Waals surface area contributed by atoms with Crippen molar-refractivity contribution in [3.05, 3.63) is 52.8 Å². The Morgan fingerprint density at radius 1 is 0.744 bits per heavy atom. The predicted molar refractivity (Wildman–Crippen MR) is 156 cm³/mol. The molecule has 1 fully saturated rings. The molecule has 0 spiro atoms. The minimum Gasteiger partial charge on any atom is -0.425 e. The molecule has 1 saturated carbocycles. The fourth-order valence-corrected chi connectivity index (χ4v) is 6.67. The number of unbranched alkanes of at least 4 members (excludes halogenated alkanes) is 10. The van der Waals surface area contributed by atoms with Gasteiger partial charge in [-0.05, 0) is 73.1 Å². The second kappa shape index (κ2) is 14.6. The van der Waals surface area contributed by atoms with Crippen LogP contribution in [0, 0.1) is 11.7 Å². The molecule has 0 unspecified atom stereocenters. The Morgan fingerprint density at radius 2 is 1.36 bits per heavy atom. The van der Waals surface area contributed by atoms with Crippen molar-refractivity contribution in [2.45, 2.75) is 141 Å². The molecule has 0 N–H and O–H groups in total. The van der Waals surface area contributed by atoms with E-state index in [0.29, 0.717) is 29.0 Å². The van der Waals surface area contributed by atoms with Crippen LogP contribution in [0.5, 0.6) is 5.75 Å². The molecule has 2 aromatic carbocycles. The van der Waals surface area contributed by atoms with E-state index >= 15 is 13.2 Å². The molecule has 1 heterocycles. The fourth-order valence-electron chi connectivity index (χ4n) is 6.67. The number of benzene rings is 2. The molecule has 4 heteroatoms. The standard InChI is InChI=1S/C35H49F3O/c1-3-5-7-9-10-12-14-16-28-21-24-31-30-23-22-29(25-32(30)35(37,38)39-34(31)33(28)36)27-19-17-26(18-20-27)15-13-11-8-6-4-2/h21-27H,3-20H2,1-2H3. The van der Waals surface area contributed by atoms with E-state index in [1.54, 1.807) is 24.3 Å². The van der Waals surface area contributed by atoms with Crippen molar-refractivity contribution < 1.29 is 17.9 Å². The summed E-state index contributed by atoms with van der Waals surface area (Å²) in [6, 6.07) is 8.94. The summed E-state index contributed by atoms with van der Waals surface area (Å²) in [5.74, 6) is 0.168. The van der Waals surface area contributed by atoms with Gasteiger partial charge >= 0.3 is 6.11 Å². The van der Waals surface area contributed by atoms with E-state index in [1.165, 1.54) is 77.0 Å². The monoisotopic (exact) mass is 542 g/mol. The Bertz CT molecular complexity index is 1040. The van der Waals surface area contributed by atoms with Crippen LogP contribution in [0.1, 0.15) is 146 Å². The number of halogens is 3. The van der Waals surface area contributed by atoms with Gasteiger partial charge in [-0.25, -0.2) is 4.39 Å². The molecule has 216 valence electrons. The van der Waals surface area contributed by atoms with Crippen molar-refractivity contribution in [1.82, 2.24) is 0 Å². The highest BCUT2D eigenvalue weighted by Crippen LogP contribution is 2.50. The van der Waals surface area contributed by atoms with Crippen molar-refractivity contribution in [3.63, 3.8) is 0 Å². The van der Waals surface area contributed by atoms with Gasteiger partial charge in [0.15, 0.2) is 11.6 Å². The molecular weight excluding hydrogens is 493 g/mol. The van der Waals surface area contributed by atoms with Crippen LogP contribution in [0.2, 0.25) is 0 Å². The molecule has 0 radical (unpaired) electrons. The van der Waals surface area contributed by atoms with Gasteiger partial charge in [-0.15, -0.1) is 0 Å². The first kappa shape index (κ1) is 30.0. The molecule has 1 aliphatic carbocycles. The number of hydrogen-bond donors (Lipinski definition) is 0. The van der Waals surface area contributed by atoms with Crippen molar-refractivity contribution >= 4 is 0 Å². The molecule has 0 atom stereocenters. The number of ether oxygens (including phenoxy) is 1. The maximum absolute atomic E-state index is 15.4. The van der Waals surface area contributed by atoms with Crippen molar-refractivity contribution in [2.75, 3.05) is 0 Å². The summed E-state index contributed by atoms with van der Waals surface area (Å²) in [6.07, 6.45) is 17.3. The van der Waals surface area contributed by atoms with E-state index in [4.69, 9.17) is 4.74 Å². The highest BCUT2D eigenvalue weighted by atomic mass is 19.3. The maximum atomic E-state index is 15.4. The van der Waals surface area contributed by atoms with Crippen LogP contribution >= 0.6 is 0 Å². The molecule has 2 aliphatic rings. The molecule has 0 amide bonds. The summed E-state index contributed by atoms with van der Waals surface area (Å²) in [6.45, 7) is 4.44. The average molecular weight is 543 g/mol. The summed E-state index contributed by atoms with van der Waals surface area (Å²) in [7, 11) is 0. The van der Waals surface area contributed by atoms with Gasteiger partial charge in [-0.3, -0.25) is 0 Å². The number of fused-ring (bicyclic) bond motifs is 3. The molecule has 1 aliphatic heterocycles. The van der Waals surface area contributed by atoms with Gasteiger partial charge in [-0.2, -0.15) is 8.78 Å². The lowest BCUT2D eigenvalue weighted by atomic mass is 9.76. The molecule has 39 heavy (non-hydrogen) atoms. The van der Waals surface area contributed by atoms with Gasteiger partial charge in [0.25, 0.3) is 0 Å². The molecule has 1 nitrogen and oxygen atoms in total. The van der Waals surface area contributed by atoms with Gasteiger partial charge in [-0.1, -0.05) is 115 Å². The Balaban J connectivity index is 1.38. The molecule has 2 aromatic rings. The first-order valence-corrected chi connectivity index (χ1v) is 16.0. The van der Waals surface area contributed by atoms with Crippen LogP contribution in [0.4, 0.5) is 13.2 Å². The zero-order chi connectivity index (χ0) is 27.7. The molecule has 0 bridgehead atoms. The van der Waals surface area contributed by atoms with Crippen molar-refractivity contribution in [2.24, 2.45) is 5.92 Å². The van der Waals surface area contributed by atoms with Crippen LogP contribution in [0.15, 0.2) is 30.3 Å². The number of hydrogen-bond acceptors (Lipinski definition) is 1. The molecule has 4 rings (SSSR count). The lowest BCUT2D eigenvalue weighted by molar-refractivity contribution is -0.188. The first-order chi connectivity index (χ1) is 18.9. The van der Waals surface area contributed by atoms with Crippen molar-refractivity contribution in [1.29, 1.82) is 0 Å². The van der Waals surface area contributed by atoms with Crippen molar-refractivity contribution in [3.8, 4) is 16.9 Å². The lowest BCUT2D eigenvalue weighted by Gasteiger charge is -2.32. The lowest BCUT2D eigenvalue weighted by Crippen LogP contribution is -2.28. The topological polar surface area (TPSA) is 9.23 Å². The van der Waals surface area contributed by atoms with Gasteiger partial charge in [0.2, 0.25) is 0 Å². The predicted octanol–water partition coefficient (Wildman–Crippen LogP) is 11.9. The third-order valence-corrected chi connectivity index (χ3v) is 9.14. The maximum Gasteiger partial charge on any atom is 0.427 e. The van der Waals surface area contributed by atoms with Crippen LogP contribution in [-0.2, 0) is 12.5 Å². The minimum atomic E-state index is -3.53. The van der Waals surface area contributed by atoms with Crippen LogP contribution in [0.25, 0.3) is 11.1 Å². The third kappa shape index (κ3) is 7.82. The summed E-state index contributed by atoms with van der Waals surface area (Å²) < 4.78 is 51.1. The Labute approximate surface area is 234 Å².